The average Bonchev–Trinajstić information content (AvgIpc) is 3.90. The van der Waals surface area contributed by atoms with Gasteiger partial charge in [-0.2, -0.15) is 37.1 Å². The molecule has 7 aromatic carbocycles. The second kappa shape index (κ2) is 13.9. The van der Waals surface area contributed by atoms with E-state index in [1.807, 2.05) is 0 Å². The third-order valence-corrected chi connectivity index (χ3v) is 13.1. The molecule has 0 fully saturated rings. The number of benzene rings is 7. The number of hydrogen-bond donors (Lipinski definition) is 0. The fraction of sp³-hybridized carbons (Fsp3) is 0.200. The molecule has 6 heteroatoms. The van der Waals surface area contributed by atoms with Gasteiger partial charge in [-0.05, 0) is 78.0 Å². The van der Waals surface area contributed by atoms with Gasteiger partial charge in [0.2, 0.25) is 0 Å². The summed E-state index contributed by atoms with van der Waals surface area (Å²) in [4.78, 5) is 9.01. The molecule has 304 valence electrons. The molecule has 5 nitrogen and oxygen atoms in total. The molecule has 3 aliphatic rings. The number of hydrogen-bond acceptors (Lipinski definition) is 4. The zero-order valence-corrected chi connectivity index (χ0v) is 38.3. The number of aromatic nitrogens is 1. The molecule has 0 spiro atoms. The third kappa shape index (κ3) is 5.76. The Hall–Kier alpha value is -5.77. The Morgan fingerprint density at radius 3 is 1.75 bits per heavy atom. The fourth-order valence-electron chi connectivity index (χ4n) is 9.96. The first kappa shape index (κ1) is 39.4. The van der Waals surface area contributed by atoms with E-state index in [0.717, 1.165) is 39.6 Å². The minimum absolute atomic E-state index is 0. The van der Waals surface area contributed by atoms with Crippen LogP contribution in [0.1, 0.15) is 74.9 Å². The molecule has 1 atom stereocenters. The van der Waals surface area contributed by atoms with Crippen LogP contribution in [0.3, 0.4) is 0 Å². The Labute approximate surface area is 375 Å². The smallest absolute Gasteiger partial charge is 0.504 e. The third-order valence-electron chi connectivity index (χ3n) is 13.1. The molecule has 0 bridgehead atoms. The molecular formula is C55H49N5Pt. The maximum absolute atomic E-state index is 4.20. The number of rotatable bonds is 4. The van der Waals surface area contributed by atoms with Crippen LogP contribution in [0, 0.1) is 25.5 Å². The zero-order valence-electron chi connectivity index (χ0n) is 36.0. The van der Waals surface area contributed by atoms with Crippen LogP contribution in [0.2, 0.25) is 0 Å². The van der Waals surface area contributed by atoms with Crippen molar-refractivity contribution in [3.05, 3.63) is 198 Å². The van der Waals surface area contributed by atoms with E-state index in [2.05, 4.69) is 245 Å². The van der Waals surface area contributed by atoms with Gasteiger partial charge in [0.25, 0.3) is 0 Å². The summed E-state index contributed by atoms with van der Waals surface area (Å²) < 4.78 is 2.52. The van der Waals surface area contributed by atoms with E-state index in [1.54, 1.807) is 0 Å². The molecule has 0 radical (unpaired) electrons. The Bertz CT molecular complexity index is 3020. The summed E-state index contributed by atoms with van der Waals surface area (Å²) >= 11 is 0. The standard InChI is InChI=1S/C55H49N5.Pt/c1-53(2,3)37-25-27-46-43(32-37)42-19-16-20-44-52(42)60(46)47-28-26-40(58-34-56(7)48-21-12-14-23-50(48)58)33-45(47)55(44,36-17-10-9-11-18-36)39-29-38(54(4,5)6)30-41(31-39)59-35-57(8)49-22-13-15-24-51(49)59;/h9-30,32,34-35H,1-8H3;/q-4;+4. The van der Waals surface area contributed by atoms with Gasteiger partial charge in [-0.1, -0.05) is 126 Å². The Morgan fingerprint density at radius 2 is 1.11 bits per heavy atom. The van der Waals surface area contributed by atoms with E-state index in [1.165, 1.54) is 55.4 Å². The SMILES string of the molecule is CN1[CH-]N(c2[c-]c3c(cc2)-n2c4ccc(C(C)(C)C)cc4c4cccc(c42)C3(c2[c-]c(N3[CH-]N(C)c4ccccc43)cc(C(C)(C)C)c2)c2ccccc2)c2ccccc21.[Pt+4]. The van der Waals surface area contributed by atoms with Gasteiger partial charge in [-0.15, -0.1) is 40.7 Å². The van der Waals surface area contributed by atoms with Crippen LogP contribution in [-0.4, -0.2) is 18.7 Å². The van der Waals surface area contributed by atoms with Crippen molar-refractivity contribution in [1.82, 2.24) is 4.57 Å². The summed E-state index contributed by atoms with van der Waals surface area (Å²) in [5.41, 5.74) is 16.4. The van der Waals surface area contributed by atoms with E-state index in [-0.39, 0.29) is 31.9 Å². The van der Waals surface area contributed by atoms with Gasteiger partial charge in [-0.25, -0.2) is 0 Å². The van der Waals surface area contributed by atoms with Gasteiger partial charge in [0.15, 0.2) is 0 Å². The van der Waals surface area contributed by atoms with Crippen molar-refractivity contribution in [3.63, 3.8) is 0 Å². The summed E-state index contributed by atoms with van der Waals surface area (Å²) in [6.45, 7) is 18.3. The summed E-state index contributed by atoms with van der Waals surface area (Å²) in [5, 5.41) is 2.52. The zero-order chi connectivity index (χ0) is 41.3. The predicted molar refractivity (Wildman–Crippen MR) is 250 cm³/mol. The van der Waals surface area contributed by atoms with Crippen LogP contribution in [0.15, 0.2) is 140 Å². The molecule has 0 saturated carbocycles. The summed E-state index contributed by atoms with van der Waals surface area (Å²) in [7, 11) is 4.25. The maximum atomic E-state index is 4.20. The Kier molecular flexibility index (Phi) is 8.96. The molecular weight excluding hydrogens is 926 g/mol. The van der Waals surface area contributed by atoms with Crippen molar-refractivity contribution < 1.29 is 21.1 Å². The molecule has 0 saturated heterocycles. The molecule has 3 aliphatic heterocycles. The van der Waals surface area contributed by atoms with Crippen molar-refractivity contribution >= 4 is 55.9 Å². The van der Waals surface area contributed by atoms with Gasteiger partial charge in [0, 0.05) is 50.0 Å². The van der Waals surface area contributed by atoms with E-state index >= 15 is 0 Å². The number of fused-ring (bicyclic) bond motifs is 7. The first-order chi connectivity index (χ1) is 28.8. The van der Waals surface area contributed by atoms with Gasteiger partial charge < -0.3 is 24.2 Å². The first-order valence-electron chi connectivity index (χ1n) is 21.1. The summed E-state index contributed by atoms with van der Waals surface area (Å²) in [6, 6.07) is 60.2. The van der Waals surface area contributed by atoms with Crippen LogP contribution in [0.4, 0.5) is 34.1 Å². The van der Waals surface area contributed by atoms with Gasteiger partial charge in [0.05, 0.1) is 0 Å². The largest absolute Gasteiger partial charge is 4.00 e. The van der Waals surface area contributed by atoms with Gasteiger partial charge in [-0.3, -0.25) is 0 Å². The van der Waals surface area contributed by atoms with Gasteiger partial charge in [0.1, 0.15) is 0 Å². The molecule has 4 heterocycles. The maximum Gasteiger partial charge on any atom is 4.00 e. The molecule has 1 unspecified atom stereocenters. The van der Waals surface area contributed by atoms with Crippen LogP contribution in [0.5, 0.6) is 0 Å². The molecule has 11 rings (SSSR count). The normalized spacial score (nSPS) is 16.9. The van der Waals surface area contributed by atoms with Crippen molar-refractivity contribution in [3.8, 4) is 5.69 Å². The monoisotopic (exact) mass is 974 g/mol. The molecule has 1 aromatic heterocycles. The average molecular weight is 975 g/mol. The second-order valence-electron chi connectivity index (χ2n) is 18.8. The van der Waals surface area contributed by atoms with E-state index in [4.69, 9.17) is 0 Å². The van der Waals surface area contributed by atoms with Crippen LogP contribution in [0.25, 0.3) is 27.5 Å². The van der Waals surface area contributed by atoms with E-state index in [9.17, 15) is 0 Å². The van der Waals surface area contributed by atoms with Gasteiger partial charge >= 0.3 is 21.1 Å². The molecule has 61 heavy (non-hydrogen) atoms. The Morgan fingerprint density at radius 1 is 0.508 bits per heavy atom. The van der Waals surface area contributed by atoms with Crippen LogP contribution in [-0.2, 0) is 37.3 Å². The van der Waals surface area contributed by atoms with Crippen molar-refractivity contribution in [2.45, 2.75) is 57.8 Å². The van der Waals surface area contributed by atoms with E-state index in [0.29, 0.717) is 0 Å². The topological polar surface area (TPSA) is 17.9 Å². The quantitative estimate of drug-likeness (QED) is 0.164. The van der Waals surface area contributed by atoms with E-state index < -0.39 is 5.41 Å². The summed E-state index contributed by atoms with van der Waals surface area (Å²) in [6.07, 6.45) is 0. The van der Waals surface area contributed by atoms with Crippen LogP contribution >= 0.6 is 0 Å². The van der Waals surface area contributed by atoms with Crippen molar-refractivity contribution in [2.24, 2.45) is 0 Å². The van der Waals surface area contributed by atoms with Crippen molar-refractivity contribution in [2.75, 3.05) is 33.7 Å². The molecule has 0 aliphatic carbocycles. The first-order valence-corrected chi connectivity index (χ1v) is 21.1. The Balaban J connectivity index is 0.00000445. The minimum atomic E-state index is -0.810. The molecule has 0 N–H and O–H groups in total. The van der Waals surface area contributed by atoms with Crippen LogP contribution < -0.4 is 19.6 Å². The van der Waals surface area contributed by atoms with Crippen molar-refractivity contribution in [1.29, 1.82) is 0 Å². The predicted octanol–water partition coefficient (Wildman–Crippen LogP) is 13.1. The number of nitrogens with zero attached hydrogens (tertiary/aromatic N) is 5. The number of anilines is 6. The molecule has 0 amide bonds. The minimum Gasteiger partial charge on any atom is -0.504 e. The second-order valence-corrected chi connectivity index (χ2v) is 18.8. The number of para-hydroxylation sites is 5. The molecule has 8 aromatic rings. The summed E-state index contributed by atoms with van der Waals surface area (Å²) in [5.74, 6) is 0. The fourth-order valence-corrected chi connectivity index (χ4v) is 9.96.